The summed E-state index contributed by atoms with van der Waals surface area (Å²) in [7, 11) is 0. The lowest BCUT2D eigenvalue weighted by Crippen LogP contribution is -2.12. The van der Waals surface area contributed by atoms with Gasteiger partial charge < -0.3 is 5.32 Å². The molecule has 1 rings (SSSR count). The fourth-order valence-corrected chi connectivity index (χ4v) is 2.29. The molecule has 96 valence electrons. The molecular weight excluding hydrogens is 240 g/mol. The molecule has 0 saturated carbocycles. The summed E-state index contributed by atoms with van der Waals surface area (Å²) in [6, 6.07) is 2.83. The number of thioether (sulfide) groups is 1. The van der Waals surface area contributed by atoms with Crippen LogP contribution in [0.15, 0.2) is 17.0 Å². The highest BCUT2D eigenvalue weighted by molar-refractivity contribution is 8.00. The first-order valence-electron chi connectivity index (χ1n) is 5.93. The lowest BCUT2D eigenvalue weighted by molar-refractivity contribution is 0.534. The second kappa shape index (κ2) is 6.97. The molecule has 0 aliphatic heterocycles. The Kier molecular flexibility index (Phi) is 5.92. The fourth-order valence-electron chi connectivity index (χ4n) is 1.38. The molecule has 0 fully saturated rings. The highest BCUT2D eigenvalue weighted by Crippen LogP contribution is 2.30. The van der Waals surface area contributed by atoms with Gasteiger partial charge in [-0.25, -0.2) is 8.78 Å². The fraction of sp³-hybridized carbons (Fsp3) is 0.538. The van der Waals surface area contributed by atoms with Crippen molar-refractivity contribution >= 4 is 11.8 Å². The van der Waals surface area contributed by atoms with Crippen molar-refractivity contribution in [2.45, 2.75) is 43.9 Å². The summed E-state index contributed by atoms with van der Waals surface area (Å²) in [6.07, 6.45) is 0.892. The van der Waals surface area contributed by atoms with E-state index in [4.69, 9.17) is 0 Å². The molecule has 1 aromatic carbocycles. The van der Waals surface area contributed by atoms with Gasteiger partial charge in [-0.2, -0.15) is 0 Å². The van der Waals surface area contributed by atoms with E-state index in [0.717, 1.165) is 13.0 Å². The molecule has 0 saturated heterocycles. The minimum Gasteiger partial charge on any atom is -0.313 e. The highest BCUT2D eigenvalue weighted by Gasteiger charge is 2.14. The van der Waals surface area contributed by atoms with Gasteiger partial charge in [-0.3, -0.25) is 0 Å². The van der Waals surface area contributed by atoms with Crippen molar-refractivity contribution in [2.24, 2.45) is 0 Å². The summed E-state index contributed by atoms with van der Waals surface area (Å²) >= 11 is 1.26. The van der Waals surface area contributed by atoms with E-state index in [2.05, 4.69) is 5.32 Å². The topological polar surface area (TPSA) is 12.0 Å². The van der Waals surface area contributed by atoms with E-state index >= 15 is 0 Å². The Morgan fingerprint density at radius 1 is 1.24 bits per heavy atom. The molecule has 1 N–H and O–H groups in total. The van der Waals surface area contributed by atoms with Gasteiger partial charge in [0.05, 0.1) is 4.90 Å². The molecule has 0 amide bonds. The minimum absolute atomic E-state index is 0.139. The molecule has 0 aromatic heterocycles. The maximum absolute atomic E-state index is 13.7. The summed E-state index contributed by atoms with van der Waals surface area (Å²) in [5, 5.41) is 3.27. The van der Waals surface area contributed by atoms with Gasteiger partial charge in [0, 0.05) is 11.8 Å². The Bertz CT molecular complexity index is 345. The smallest absolute Gasteiger partial charge is 0.140 e. The molecule has 1 aromatic rings. The first-order chi connectivity index (χ1) is 8.08. The third kappa shape index (κ3) is 4.28. The molecule has 1 nitrogen and oxygen atoms in total. The van der Waals surface area contributed by atoms with Crippen LogP contribution in [0.25, 0.3) is 0 Å². The van der Waals surface area contributed by atoms with Crippen molar-refractivity contribution in [3.8, 4) is 0 Å². The number of hydrogen-bond donors (Lipinski definition) is 1. The molecule has 0 aliphatic rings. The summed E-state index contributed by atoms with van der Waals surface area (Å²) in [6.45, 7) is 7.22. The van der Waals surface area contributed by atoms with E-state index in [9.17, 15) is 8.78 Å². The average molecular weight is 259 g/mol. The van der Waals surface area contributed by atoms with E-state index in [1.165, 1.54) is 23.9 Å². The van der Waals surface area contributed by atoms with Crippen LogP contribution < -0.4 is 5.32 Å². The van der Waals surface area contributed by atoms with E-state index in [0.29, 0.717) is 12.1 Å². The van der Waals surface area contributed by atoms with Gasteiger partial charge in [-0.1, -0.05) is 20.8 Å². The van der Waals surface area contributed by atoms with Crippen LogP contribution in [0.1, 0.15) is 32.8 Å². The molecule has 0 aliphatic carbocycles. The Morgan fingerprint density at radius 2 is 1.82 bits per heavy atom. The van der Waals surface area contributed by atoms with E-state index in [-0.39, 0.29) is 10.1 Å². The monoisotopic (exact) mass is 259 g/mol. The lowest BCUT2D eigenvalue weighted by Gasteiger charge is -2.11. The third-order valence-corrected chi connectivity index (χ3v) is 3.89. The Labute approximate surface area is 106 Å². The van der Waals surface area contributed by atoms with Crippen molar-refractivity contribution in [1.82, 2.24) is 5.32 Å². The van der Waals surface area contributed by atoms with Crippen LogP contribution in [0.4, 0.5) is 8.78 Å². The van der Waals surface area contributed by atoms with Gasteiger partial charge in [0.25, 0.3) is 0 Å². The van der Waals surface area contributed by atoms with Crippen LogP contribution in [0, 0.1) is 11.6 Å². The predicted molar refractivity (Wildman–Crippen MR) is 69.3 cm³/mol. The van der Waals surface area contributed by atoms with Gasteiger partial charge in [-0.05, 0) is 30.7 Å². The molecule has 0 bridgehead atoms. The van der Waals surface area contributed by atoms with E-state index in [1.54, 1.807) is 0 Å². The zero-order chi connectivity index (χ0) is 12.8. The summed E-state index contributed by atoms with van der Waals surface area (Å²) in [5.41, 5.74) is 0.648. The van der Waals surface area contributed by atoms with Crippen molar-refractivity contribution < 1.29 is 8.78 Å². The number of benzene rings is 1. The van der Waals surface area contributed by atoms with Gasteiger partial charge in [0.2, 0.25) is 0 Å². The van der Waals surface area contributed by atoms with Crippen molar-refractivity contribution in [1.29, 1.82) is 0 Å². The van der Waals surface area contributed by atoms with Crippen LogP contribution in [0.5, 0.6) is 0 Å². The Balaban J connectivity index is 2.86. The normalized spacial score (nSPS) is 12.8. The summed E-state index contributed by atoms with van der Waals surface area (Å²) in [4.78, 5) is 0.139. The third-order valence-electron chi connectivity index (χ3n) is 2.53. The first kappa shape index (κ1) is 14.5. The molecule has 4 heteroatoms. The second-order valence-corrected chi connectivity index (χ2v) is 5.45. The zero-order valence-electron chi connectivity index (χ0n) is 10.5. The molecule has 0 spiro atoms. The number of rotatable bonds is 6. The maximum Gasteiger partial charge on any atom is 0.140 e. The lowest BCUT2D eigenvalue weighted by atomic mass is 10.2. The van der Waals surface area contributed by atoms with Gasteiger partial charge in [0.1, 0.15) is 11.6 Å². The van der Waals surface area contributed by atoms with Crippen molar-refractivity contribution in [2.75, 3.05) is 6.54 Å². The van der Waals surface area contributed by atoms with Crippen molar-refractivity contribution in [3.63, 3.8) is 0 Å². The summed E-state index contributed by atoms with van der Waals surface area (Å²) < 4.78 is 27.5. The number of hydrogen-bond acceptors (Lipinski definition) is 2. The first-order valence-corrected chi connectivity index (χ1v) is 6.81. The van der Waals surface area contributed by atoms with Gasteiger partial charge >= 0.3 is 0 Å². The van der Waals surface area contributed by atoms with Crippen LogP contribution in [0.2, 0.25) is 0 Å². The largest absolute Gasteiger partial charge is 0.313 e. The molecule has 0 heterocycles. The molecule has 17 heavy (non-hydrogen) atoms. The molecule has 0 radical (unpaired) electrons. The van der Waals surface area contributed by atoms with Crippen molar-refractivity contribution in [3.05, 3.63) is 29.3 Å². The van der Waals surface area contributed by atoms with Gasteiger partial charge in [-0.15, -0.1) is 11.8 Å². The maximum atomic E-state index is 13.7. The van der Waals surface area contributed by atoms with Crippen LogP contribution in [0.3, 0.4) is 0 Å². The van der Waals surface area contributed by atoms with E-state index in [1.807, 2.05) is 20.8 Å². The Morgan fingerprint density at radius 3 is 2.29 bits per heavy atom. The number of halogens is 2. The highest BCUT2D eigenvalue weighted by atomic mass is 32.2. The standard InChI is InChI=1S/C13H19F2NS/c1-4-9(3)17-13-11(14)6-10(7-12(13)15)8-16-5-2/h6-7,9,16H,4-5,8H2,1-3H3. The van der Waals surface area contributed by atoms with Crippen LogP contribution in [-0.2, 0) is 6.54 Å². The molecule has 1 atom stereocenters. The Hall–Kier alpha value is -0.610. The minimum atomic E-state index is -0.455. The van der Waals surface area contributed by atoms with Crippen LogP contribution in [-0.4, -0.2) is 11.8 Å². The summed E-state index contributed by atoms with van der Waals surface area (Å²) in [5.74, 6) is -0.911. The average Bonchev–Trinajstić information content (AvgIpc) is 2.30. The quantitative estimate of drug-likeness (QED) is 0.776. The predicted octanol–water partition coefficient (Wildman–Crippen LogP) is 3.96. The molecular formula is C13H19F2NS. The molecule has 1 unspecified atom stereocenters. The SMILES string of the molecule is CCNCc1cc(F)c(SC(C)CC)c(F)c1. The second-order valence-electron chi connectivity index (χ2n) is 4.01. The number of nitrogens with one attached hydrogen (secondary N) is 1. The van der Waals surface area contributed by atoms with Crippen LogP contribution >= 0.6 is 11.8 Å². The van der Waals surface area contributed by atoms with Gasteiger partial charge in [0.15, 0.2) is 0 Å². The van der Waals surface area contributed by atoms with E-state index < -0.39 is 11.6 Å². The zero-order valence-corrected chi connectivity index (χ0v) is 11.3.